The van der Waals surface area contributed by atoms with E-state index in [9.17, 15) is 0 Å². The average Bonchev–Trinajstić information content (AvgIpc) is 2.30. The minimum absolute atomic E-state index is 0. The third kappa shape index (κ3) is 348. The van der Waals surface area contributed by atoms with Gasteiger partial charge in [-0.05, 0) is 0 Å². The van der Waals surface area contributed by atoms with E-state index in [1.807, 2.05) is 36.2 Å². The van der Waals surface area contributed by atoms with Gasteiger partial charge in [0.1, 0.15) is 0 Å². The Labute approximate surface area is 2090 Å². The van der Waals surface area contributed by atoms with Crippen LogP contribution in [0.3, 0.4) is 0 Å². The van der Waals surface area contributed by atoms with Crippen LogP contribution in [0.15, 0.2) is 36.7 Å². The van der Waals surface area contributed by atoms with Crippen LogP contribution in [-0.2, 0) is 2090 Å². The van der Waals surface area contributed by atoms with Crippen LogP contribution in [0.4, 0.5) is 11.6 Å². The van der Waals surface area contributed by atoms with Gasteiger partial charge in [0.05, 0.1) is 0 Å². The van der Waals surface area contributed by atoms with Gasteiger partial charge >= 0.3 is 0 Å². The Hall–Kier alpha value is 68.7. The van der Waals surface area contributed by atoms with Gasteiger partial charge in [-0.3, -0.25) is 9.97 Å². The molecular weight excluding hydrogens is 5860 g/mol. The number of hydrogen-bond donors (Lipinski definition) is 0. The maximum absolute atomic E-state index is 4.17. The van der Waals surface area contributed by atoms with Crippen molar-refractivity contribution in [1.82, 2.24) is 9.97 Å². The van der Waals surface area contributed by atoms with Crippen molar-refractivity contribution in [2.75, 3.05) is 11.9 Å². The van der Waals surface area contributed by atoms with Crippen LogP contribution in [0.2, 0.25) is 0 Å². The zero-order valence-electron chi connectivity index (χ0n) is 44.8. The molecule has 0 aliphatic heterocycles. The van der Waals surface area contributed by atoms with E-state index in [4.69, 9.17) is 0 Å². The number of hydrogen-bond acceptors (Lipinski definition) is 3. The summed E-state index contributed by atoms with van der Waals surface area (Å²) in [5.41, 5.74) is 0. The molecule has 0 saturated carbocycles. The second-order valence-electron chi connectivity index (χ2n) is 2.77. The topological polar surface area (TPSA) is 29.0 Å². The fourth-order valence-corrected chi connectivity index (χ4v) is 1.10. The Morgan fingerprint density at radius 2 is 0.282 bits per heavy atom. The van der Waals surface area contributed by atoms with Gasteiger partial charge in [0.2, 0.25) is 0 Å². The fourth-order valence-electron chi connectivity index (χ4n) is 1.10. The quantitative estimate of drug-likeness (QED) is 0.430. The Morgan fingerprint density at radius 1 is 0.192 bits per heavy atom. The van der Waals surface area contributed by atoms with Crippen molar-refractivity contribution in [1.29, 1.82) is 0 Å². The van der Waals surface area contributed by atoms with Crippen LogP contribution in [0.25, 0.3) is 0 Å². The molecule has 0 fully saturated rings. The molecule has 67 heteroatoms. The summed E-state index contributed by atoms with van der Waals surface area (Å²) < 4.78 is 0. The van der Waals surface area contributed by atoms with Gasteiger partial charge in [-0.2, -0.15) is 12.1 Å². The first-order valence-corrected chi connectivity index (χ1v) is 4.27. The van der Waals surface area contributed by atoms with Crippen molar-refractivity contribution in [3.8, 4) is 0 Å². The first-order valence-electron chi connectivity index (χ1n) is 4.27. The van der Waals surface area contributed by atoms with Crippen molar-refractivity contribution in [2.24, 2.45) is 0 Å². The molecule has 64 radical (unpaired) electrons. The maximum Gasteiger partial charge on any atom is 0.0377 e. The van der Waals surface area contributed by atoms with Crippen LogP contribution < -0.4 is 4.90 Å². The van der Waals surface area contributed by atoms with Crippen LogP contribution in [-0.4, -0.2) is 17.0 Å². The fraction of sp³-hybridized carbons (Fsp3) is 0.0909. The summed E-state index contributed by atoms with van der Waals surface area (Å²) >= 11 is 0. The van der Waals surface area contributed by atoms with Gasteiger partial charge in [-0.25, -0.2) is 24.3 Å². The first-order chi connectivity index (χ1) is 6.88. The number of aromatic nitrogens is 2. The molecule has 0 atom stereocenters. The van der Waals surface area contributed by atoms with E-state index in [0.717, 1.165) is 11.6 Å². The molecule has 0 spiro atoms. The molecule has 0 unspecified atom stereocenters. The van der Waals surface area contributed by atoms with Crippen LogP contribution in [0, 0.1) is 12.1 Å². The van der Waals surface area contributed by atoms with E-state index < -0.39 is 0 Å². The van der Waals surface area contributed by atoms with E-state index in [-0.39, 0.29) is 2090 Å². The van der Waals surface area contributed by atoms with Gasteiger partial charge in [-0.1, -0.05) is 12.4 Å². The van der Waals surface area contributed by atoms with E-state index in [2.05, 4.69) is 22.1 Å². The molecule has 2 heterocycles. The zero-order valence-corrected chi connectivity index (χ0v) is 226. The molecule has 0 N–H and O–H groups in total. The molecular formula is C11H9N3Y64-2. The summed E-state index contributed by atoms with van der Waals surface area (Å²) in [6.07, 6.45) is 3.45. The minimum atomic E-state index is 0. The Morgan fingerprint density at radius 3 is 0.346 bits per heavy atom. The van der Waals surface area contributed by atoms with Crippen molar-refractivity contribution in [2.45, 2.75) is 0 Å². The van der Waals surface area contributed by atoms with Crippen molar-refractivity contribution in [3.63, 3.8) is 0 Å². The summed E-state index contributed by atoms with van der Waals surface area (Å²) in [5.74, 6) is 1.48. The third-order valence-electron chi connectivity index (χ3n) is 1.82. The second kappa shape index (κ2) is 397. The molecule has 0 saturated heterocycles. The summed E-state index contributed by atoms with van der Waals surface area (Å²) in [7, 11) is 1.89. The van der Waals surface area contributed by atoms with E-state index in [0.29, 0.717) is 0 Å². The van der Waals surface area contributed by atoms with E-state index in [1.165, 1.54) is 0 Å². The minimum Gasteiger partial charge on any atom is -0.346 e. The summed E-state index contributed by atoms with van der Waals surface area (Å²) in [4.78, 5) is 10.2. The normalized spacial score (nSPS) is 1.76. The Balaban J connectivity index is -0.000000000576. The van der Waals surface area contributed by atoms with Gasteiger partial charge in [0.25, 0.3) is 0 Å². The van der Waals surface area contributed by atoms with Crippen molar-refractivity contribution < 1.29 is 2090 Å². The smallest absolute Gasteiger partial charge is 0.0377 e. The van der Waals surface area contributed by atoms with Gasteiger partial charge < -0.3 is 4.90 Å². The number of pyridine rings is 2. The summed E-state index contributed by atoms with van der Waals surface area (Å²) in [6.45, 7) is 0. The Kier molecular flexibility index (Phi) is 2260. The predicted molar refractivity (Wildman–Crippen MR) is 54.2 cm³/mol. The summed E-state index contributed by atoms with van der Waals surface area (Å²) in [5, 5.41) is 0. The summed E-state index contributed by atoms with van der Waals surface area (Å²) in [6, 6.07) is 13.4. The zero-order chi connectivity index (χ0) is 9.80. The largest absolute Gasteiger partial charge is 0.346 e. The number of nitrogens with zero attached hydrogens (tertiary/aromatic N) is 3. The molecule has 0 bridgehead atoms. The average molecular weight is 5870 g/mol. The molecule has 2 rings (SSSR count). The van der Waals surface area contributed by atoms with Crippen LogP contribution in [0.1, 0.15) is 0 Å². The standard InChI is InChI=1S/C11H9N3.64Y/c1-14(10-6-2-4-8-12-10)11-7-3-5-9-13-11;;;;;;;;;;;;;;;;;;;;;;;;;;;;;;;;;;;;;;;;;;;;;;;;;;;;;;;;;;;;;;;;/h2-5,8-9H,1H3;;;;;;;;;;;;;;;;;;;;;;;;;;;;;;;;;;;;;;;;;;;;;;;;;;;;;;;;;;;;;;;;/q-2;;;;;;;;;;;;;;;;;;;;;;;;;;;;;;;;;;;;;;;;;;;;;;;;;;;;;;;;;;;;;;;;. The molecule has 0 aliphatic rings. The molecule has 0 aromatic carbocycles. The third-order valence-corrected chi connectivity index (χ3v) is 1.82. The molecule has 0 aliphatic carbocycles. The monoisotopic (exact) mass is 5870 g/mol. The van der Waals surface area contributed by atoms with Gasteiger partial charge in [0, 0.05) is 2110 Å². The van der Waals surface area contributed by atoms with Crippen LogP contribution in [0.5, 0.6) is 0 Å². The Bertz CT molecular complexity index is 399. The molecule has 262 valence electrons. The van der Waals surface area contributed by atoms with Crippen molar-refractivity contribution >= 4 is 11.6 Å². The molecule has 2 aromatic heterocycles. The van der Waals surface area contributed by atoms with Crippen molar-refractivity contribution in [3.05, 3.63) is 48.8 Å². The molecule has 78 heavy (non-hydrogen) atoms. The molecule has 0 amide bonds. The predicted octanol–water partition coefficient (Wildman–Crippen LogP) is 1.68. The first kappa shape index (κ1) is 444. The van der Waals surface area contributed by atoms with Crippen LogP contribution >= 0.6 is 0 Å². The van der Waals surface area contributed by atoms with E-state index in [1.54, 1.807) is 12.4 Å². The van der Waals surface area contributed by atoms with E-state index >= 15 is 0 Å². The SMILES string of the molecule is CN(c1[c-]cccn1)c1[c-]cccn1.[Y].[Y].[Y].[Y].[Y].[Y].[Y].[Y].[Y].[Y].[Y].[Y].[Y].[Y].[Y].[Y].[Y].[Y].[Y].[Y].[Y].[Y].[Y].[Y].[Y].[Y].[Y].[Y].[Y].[Y].[Y].[Y].[Y].[Y].[Y].[Y].[Y].[Y].[Y].[Y].[Y].[Y].[Y].[Y].[Y].[Y].[Y].[Y].[Y].[Y].[Y].[Y].[Y].[Y].[Y].[Y].[Y].[Y].[Y].[Y].[Y].[Y].[Y].[Y]. The maximum atomic E-state index is 4.17. The number of anilines is 2. The van der Waals surface area contributed by atoms with Gasteiger partial charge in [0.15, 0.2) is 0 Å². The van der Waals surface area contributed by atoms with Gasteiger partial charge in [-0.15, -0.1) is 0 Å². The molecule has 2 aromatic rings. The molecule has 3 nitrogen and oxygen atoms in total. The number of rotatable bonds is 2. The second-order valence-corrected chi connectivity index (χ2v) is 2.77.